The fourth-order valence-corrected chi connectivity index (χ4v) is 1.36. The Morgan fingerprint density at radius 3 is 2.08 bits per heavy atom. The summed E-state index contributed by atoms with van der Waals surface area (Å²) in [5, 5.41) is 0. The van der Waals surface area contributed by atoms with Crippen LogP contribution in [0.15, 0.2) is 12.2 Å². The molecule has 0 aromatic carbocycles. The van der Waals surface area contributed by atoms with Gasteiger partial charge in [-0.1, -0.05) is 58.1 Å². The van der Waals surface area contributed by atoms with Crippen LogP contribution in [0.3, 0.4) is 0 Å². The molecule has 0 heteroatoms. The molecule has 0 N–H and O–H groups in total. The molecule has 0 spiro atoms. The Balaban J connectivity index is 2.93. The molecule has 0 bridgehead atoms. The highest BCUT2D eigenvalue weighted by molar-refractivity contribution is 4.81. The Labute approximate surface area is 84.4 Å². The normalized spacial score (nSPS) is 11.2. The third kappa shape index (κ3) is 11.7. The zero-order valence-electron chi connectivity index (χ0n) is 9.23. The van der Waals surface area contributed by atoms with E-state index in [4.69, 9.17) is 0 Å². The van der Waals surface area contributed by atoms with Crippen molar-refractivity contribution in [2.24, 2.45) is 0 Å². The minimum Gasteiger partial charge on any atom is -0.0885 e. The van der Waals surface area contributed by atoms with Crippen LogP contribution < -0.4 is 0 Å². The first-order chi connectivity index (χ1) is 6.41. The Morgan fingerprint density at radius 2 is 1.46 bits per heavy atom. The number of unbranched alkanes of at least 4 members (excludes halogenated alkanes) is 7. The van der Waals surface area contributed by atoms with Crippen molar-refractivity contribution in [2.75, 3.05) is 0 Å². The molecule has 0 aromatic heterocycles. The molecule has 0 nitrogen and oxygen atoms in total. The topological polar surface area (TPSA) is 0 Å². The average molecular weight is 181 g/mol. The maximum atomic E-state index is 3.82. The molecule has 0 rings (SSSR count). The molecule has 0 amide bonds. The van der Waals surface area contributed by atoms with Crippen LogP contribution in [-0.4, -0.2) is 0 Å². The van der Waals surface area contributed by atoms with Crippen molar-refractivity contribution >= 4 is 0 Å². The van der Waals surface area contributed by atoms with Crippen LogP contribution in [0.1, 0.15) is 64.7 Å². The molecular formula is C13H25. The lowest BCUT2D eigenvalue weighted by Gasteiger charge is -1.96. The van der Waals surface area contributed by atoms with Gasteiger partial charge >= 0.3 is 0 Å². The van der Waals surface area contributed by atoms with E-state index in [-0.39, 0.29) is 0 Å². The number of rotatable bonds is 9. The van der Waals surface area contributed by atoms with Gasteiger partial charge in [0.05, 0.1) is 0 Å². The van der Waals surface area contributed by atoms with E-state index >= 15 is 0 Å². The Morgan fingerprint density at radius 1 is 0.846 bits per heavy atom. The lowest BCUT2D eigenvalue weighted by Crippen LogP contribution is -1.76. The molecule has 77 valence electrons. The van der Waals surface area contributed by atoms with E-state index < -0.39 is 0 Å². The summed E-state index contributed by atoms with van der Waals surface area (Å²) in [6, 6.07) is 0. The predicted octanol–water partition coefficient (Wildman–Crippen LogP) is 4.91. The molecular weight excluding hydrogens is 156 g/mol. The van der Waals surface area contributed by atoms with Gasteiger partial charge in [-0.25, -0.2) is 0 Å². The number of hydrogen-bond acceptors (Lipinski definition) is 0. The molecule has 0 heterocycles. The zero-order valence-corrected chi connectivity index (χ0v) is 9.23. The third-order valence-electron chi connectivity index (χ3n) is 2.26. The number of hydrogen-bond donors (Lipinski definition) is 0. The van der Waals surface area contributed by atoms with Gasteiger partial charge in [-0.05, 0) is 25.7 Å². The van der Waals surface area contributed by atoms with E-state index in [0.717, 1.165) is 6.42 Å². The standard InChI is InChI=1S/C13H25/c1-3-5-7-9-11-13-12-10-8-6-4-2/h9,11H,1,3-8,10,12-13H2,2H3. The van der Waals surface area contributed by atoms with Crippen LogP contribution in [0.5, 0.6) is 0 Å². The van der Waals surface area contributed by atoms with Crippen LogP contribution in [-0.2, 0) is 0 Å². The SMILES string of the molecule is [CH2]CCCC=CCCCCCCC. The van der Waals surface area contributed by atoms with Crippen molar-refractivity contribution in [1.82, 2.24) is 0 Å². The van der Waals surface area contributed by atoms with Gasteiger partial charge in [-0.2, -0.15) is 0 Å². The van der Waals surface area contributed by atoms with Crippen molar-refractivity contribution in [3.05, 3.63) is 19.1 Å². The summed E-state index contributed by atoms with van der Waals surface area (Å²) in [4.78, 5) is 0. The molecule has 0 unspecified atom stereocenters. The van der Waals surface area contributed by atoms with Gasteiger partial charge in [0.25, 0.3) is 0 Å². The monoisotopic (exact) mass is 181 g/mol. The minimum atomic E-state index is 1.07. The third-order valence-corrected chi connectivity index (χ3v) is 2.26. The highest BCUT2D eigenvalue weighted by atomic mass is 13.9. The van der Waals surface area contributed by atoms with Crippen LogP contribution in [0.2, 0.25) is 0 Å². The molecule has 13 heavy (non-hydrogen) atoms. The minimum absolute atomic E-state index is 1.07. The zero-order chi connectivity index (χ0) is 9.78. The fraction of sp³-hybridized carbons (Fsp3) is 0.769. The van der Waals surface area contributed by atoms with Crippen LogP contribution in [0.25, 0.3) is 0 Å². The first-order valence-corrected chi connectivity index (χ1v) is 5.86. The molecule has 0 aliphatic carbocycles. The van der Waals surface area contributed by atoms with E-state index in [1.54, 1.807) is 0 Å². The van der Waals surface area contributed by atoms with Crippen molar-refractivity contribution in [2.45, 2.75) is 64.7 Å². The van der Waals surface area contributed by atoms with E-state index in [1.165, 1.54) is 51.4 Å². The second kappa shape index (κ2) is 11.7. The van der Waals surface area contributed by atoms with Gasteiger partial charge < -0.3 is 0 Å². The van der Waals surface area contributed by atoms with E-state index in [0.29, 0.717) is 0 Å². The lowest BCUT2D eigenvalue weighted by atomic mass is 10.1. The van der Waals surface area contributed by atoms with Gasteiger partial charge in [0.15, 0.2) is 0 Å². The summed E-state index contributed by atoms with van der Waals surface area (Å²) in [6.45, 7) is 6.08. The van der Waals surface area contributed by atoms with E-state index in [2.05, 4.69) is 26.0 Å². The largest absolute Gasteiger partial charge is 0.0885 e. The molecule has 0 aromatic rings. The molecule has 0 saturated carbocycles. The van der Waals surface area contributed by atoms with Crippen molar-refractivity contribution in [1.29, 1.82) is 0 Å². The van der Waals surface area contributed by atoms with Gasteiger partial charge in [-0.15, -0.1) is 0 Å². The molecule has 0 fully saturated rings. The first kappa shape index (κ1) is 12.7. The van der Waals surface area contributed by atoms with Gasteiger partial charge in [-0.3, -0.25) is 0 Å². The van der Waals surface area contributed by atoms with Crippen LogP contribution in [0, 0.1) is 6.92 Å². The quantitative estimate of drug-likeness (QED) is 0.350. The second-order valence-electron chi connectivity index (χ2n) is 3.67. The van der Waals surface area contributed by atoms with Crippen molar-refractivity contribution < 1.29 is 0 Å². The average Bonchev–Trinajstić information content (AvgIpc) is 2.16. The predicted molar refractivity (Wildman–Crippen MR) is 61.7 cm³/mol. The van der Waals surface area contributed by atoms with E-state index in [1.807, 2.05) is 0 Å². The highest BCUT2D eigenvalue weighted by Crippen LogP contribution is 2.05. The lowest BCUT2D eigenvalue weighted by molar-refractivity contribution is 0.637. The van der Waals surface area contributed by atoms with E-state index in [9.17, 15) is 0 Å². The van der Waals surface area contributed by atoms with Gasteiger partial charge in [0.2, 0.25) is 0 Å². The fourth-order valence-electron chi connectivity index (χ4n) is 1.36. The summed E-state index contributed by atoms with van der Waals surface area (Å²) in [5.41, 5.74) is 0. The Bertz CT molecular complexity index is 103. The Kier molecular flexibility index (Phi) is 11.5. The van der Waals surface area contributed by atoms with Crippen molar-refractivity contribution in [3.63, 3.8) is 0 Å². The summed E-state index contributed by atoms with van der Waals surface area (Å²) in [5.74, 6) is 0. The maximum Gasteiger partial charge on any atom is -0.0351 e. The molecule has 1 radical (unpaired) electrons. The summed E-state index contributed by atoms with van der Waals surface area (Å²) in [7, 11) is 0. The maximum absolute atomic E-state index is 3.82. The first-order valence-electron chi connectivity index (χ1n) is 5.86. The van der Waals surface area contributed by atoms with Gasteiger partial charge in [0, 0.05) is 0 Å². The number of allylic oxidation sites excluding steroid dienone is 2. The van der Waals surface area contributed by atoms with Gasteiger partial charge in [0.1, 0.15) is 0 Å². The summed E-state index contributed by atoms with van der Waals surface area (Å²) >= 11 is 0. The smallest absolute Gasteiger partial charge is 0.0351 e. The Hall–Kier alpha value is -0.260. The molecule has 0 aliphatic rings. The summed E-state index contributed by atoms with van der Waals surface area (Å²) in [6.07, 6.45) is 16.4. The second-order valence-corrected chi connectivity index (χ2v) is 3.67. The molecule has 0 aliphatic heterocycles. The van der Waals surface area contributed by atoms with Crippen LogP contribution in [0.4, 0.5) is 0 Å². The molecule has 0 atom stereocenters. The highest BCUT2D eigenvalue weighted by Gasteiger charge is 1.86. The van der Waals surface area contributed by atoms with Crippen molar-refractivity contribution in [3.8, 4) is 0 Å². The summed E-state index contributed by atoms with van der Waals surface area (Å²) < 4.78 is 0. The molecule has 0 saturated heterocycles. The van der Waals surface area contributed by atoms with Crippen LogP contribution >= 0.6 is 0 Å².